The minimum Gasteiger partial charge on any atom is -0.507 e. The van der Waals surface area contributed by atoms with Crippen molar-refractivity contribution in [2.24, 2.45) is 0 Å². The van der Waals surface area contributed by atoms with Crippen molar-refractivity contribution in [3.05, 3.63) is 217 Å². The van der Waals surface area contributed by atoms with Crippen LogP contribution in [0.4, 0.5) is 0 Å². The summed E-state index contributed by atoms with van der Waals surface area (Å²) in [5.74, 6) is 0.895. The van der Waals surface area contributed by atoms with Crippen molar-refractivity contribution >= 4 is 11.0 Å². The third-order valence-electron chi connectivity index (χ3n) is 13.5. The second kappa shape index (κ2) is 19.2. The number of hydrogen-bond donors (Lipinski definition) is 1. The largest absolute Gasteiger partial charge is 0.507 e. The van der Waals surface area contributed by atoms with Crippen molar-refractivity contribution < 1.29 is 26.2 Å². The van der Waals surface area contributed by atoms with E-state index in [2.05, 4.69) is 255 Å². The van der Waals surface area contributed by atoms with Crippen LogP contribution in [0.15, 0.2) is 194 Å². The fraction of sp³-hybridized carbons (Fsp3) is 0.182. The Balaban J connectivity index is 0.00000624. The summed E-state index contributed by atoms with van der Waals surface area (Å²) in [5, 5.41) is 12.8. The topological polar surface area (TPSA) is 50.9 Å². The molecule has 0 atom stereocenters. The second-order valence-corrected chi connectivity index (χ2v) is 21.6. The number of fused-ring (bicyclic) bond motifs is 1. The molecular formula is C66H60N3OPt-. The Hall–Kier alpha value is -7.13. The maximum Gasteiger partial charge on any atom is 0.148 e. The molecule has 0 fully saturated rings. The predicted molar refractivity (Wildman–Crippen MR) is 294 cm³/mol. The van der Waals surface area contributed by atoms with E-state index in [9.17, 15) is 5.11 Å². The Morgan fingerprint density at radius 2 is 0.986 bits per heavy atom. The molecule has 0 aliphatic heterocycles. The summed E-state index contributed by atoms with van der Waals surface area (Å²) in [6.45, 7) is 20.1. The summed E-state index contributed by atoms with van der Waals surface area (Å²) in [6.07, 6.45) is 1.89. The number of pyridine rings is 1. The monoisotopic (exact) mass is 1110 g/mol. The molecule has 356 valence electrons. The molecule has 0 saturated heterocycles. The van der Waals surface area contributed by atoms with Crippen LogP contribution in [0.25, 0.3) is 95.0 Å². The summed E-state index contributed by atoms with van der Waals surface area (Å²) < 4.78 is 2.31. The molecule has 0 radical (unpaired) electrons. The normalized spacial score (nSPS) is 12.0. The first-order chi connectivity index (χ1) is 33.5. The van der Waals surface area contributed by atoms with Crippen LogP contribution >= 0.6 is 0 Å². The molecule has 5 heteroatoms. The van der Waals surface area contributed by atoms with Gasteiger partial charge in [-0.15, -0.1) is 23.8 Å². The molecule has 10 aromatic rings. The van der Waals surface area contributed by atoms with E-state index in [-0.39, 0.29) is 43.1 Å². The maximum absolute atomic E-state index is 12.8. The van der Waals surface area contributed by atoms with E-state index in [4.69, 9.17) is 9.97 Å². The average Bonchev–Trinajstić information content (AvgIpc) is 3.75. The summed E-state index contributed by atoms with van der Waals surface area (Å²) in [5.41, 5.74) is 18.2. The molecule has 1 N–H and O–H groups in total. The molecule has 8 aromatic carbocycles. The van der Waals surface area contributed by atoms with Gasteiger partial charge in [0.2, 0.25) is 0 Å². The van der Waals surface area contributed by atoms with Crippen LogP contribution in [0.3, 0.4) is 0 Å². The molecule has 0 amide bonds. The van der Waals surface area contributed by atoms with Crippen molar-refractivity contribution in [3.63, 3.8) is 0 Å². The number of aromatic nitrogens is 3. The minimum atomic E-state index is -0.360. The third kappa shape index (κ3) is 9.71. The van der Waals surface area contributed by atoms with Crippen molar-refractivity contribution in [3.8, 4) is 89.7 Å². The van der Waals surface area contributed by atoms with Gasteiger partial charge < -0.3 is 5.11 Å². The zero-order valence-corrected chi connectivity index (χ0v) is 44.4. The van der Waals surface area contributed by atoms with Gasteiger partial charge in [0.05, 0.1) is 22.3 Å². The number of para-hydroxylation sites is 1. The first kappa shape index (κ1) is 48.9. The van der Waals surface area contributed by atoms with E-state index in [1.165, 1.54) is 5.56 Å². The van der Waals surface area contributed by atoms with Gasteiger partial charge in [0.1, 0.15) is 11.6 Å². The number of aromatic hydroxyl groups is 1. The molecule has 0 bridgehead atoms. The number of hydrogen-bond acceptors (Lipinski definition) is 3. The van der Waals surface area contributed by atoms with Crippen LogP contribution in [-0.4, -0.2) is 19.6 Å². The smallest absolute Gasteiger partial charge is 0.148 e. The number of imidazole rings is 1. The number of benzene rings is 8. The summed E-state index contributed by atoms with van der Waals surface area (Å²) in [6, 6.07) is 70.4. The fourth-order valence-electron chi connectivity index (χ4n) is 9.69. The Kier molecular flexibility index (Phi) is 13.2. The standard InChI is InChI=1S/C66H60N3O.Pt/c1-64(2,3)51-39-55(62(70)57(40-51)66(7,8)9)63-68-61-52(49-35-48(44-25-16-11-17-26-44)36-50(37-49)58-38-47(33-34-67-58)43-23-14-10-15-24-43)31-22-32-59(61)69(63)60-42-53(45-27-18-12-19-28-45)56(65(4,5)6)41-54(60)46-29-20-13-21-30-46;/h10-36,38-42,70H,1-9H3;/q-1;. The Morgan fingerprint density at radius 3 is 1.56 bits per heavy atom. The number of rotatable bonds is 8. The summed E-state index contributed by atoms with van der Waals surface area (Å²) in [4.78, 5) is 10.7. The second-order valence-electron chi connectivity index (χ2n) is 21.6. The number of nitrogens with zero attached hydrogens (tertiary/aromatic N) is 3. The number of phenolic OH excluding ortho intramolecular Hbond substituents is 1. The van der Waals surface area contributed by atoms with Gasteiger partial charge in [0.15, 0.2) is 0 Å². The van der Waals surface area contributed by atoms with Gasteiger partial charge in [-0.3, -0.25) is 9.55 Å². The van der Waals surface area contributed by atoms with Gasteiger partial charge in [0.25, 0.3) is 0 Å². The molecule has 0 saturated carbocycles. The van der Waals surface area contributed by atoms with Gasteiger partial charge in [-0.1, -0.05) is 225 Å². The van der Waals surface area contributed by atoms with Crippen LogP contribution in [0.5, 0.6) is 5.75 Å². The van der Waals surface area contributed by atoms with Crippen molar-refractivity contribution in [1.82, 2.24) is 14.5 Å². The summed E-state index contributed by atoms with van der Waals surface area (Å²) in [7, 11) is 0. The molecular weight excluding hydrogens is 1050 g/mol. The molecule has 0 spiro atoms. The van der Waals surface area contributed by atoms with Gasteiger partial charge in [0, 0.05) is 44.1 Å². The molecule has 2 heterocycles. The molecule has 71 heavy (non-hydrogen) atoms. The SMILES string of the molecule is CC(C)(C)c1cc(-c2nc3c(-c4[c-]c(-c5cc(-c6ccccc6)ccn5)cc(-c5ccccc5)c4)cccc3n2-c2cc(-c3ccccc3)c(C(C)(C)C)cc2-c2ccccc2)c(O)c(C(C)(C)C)c1.[Pt]. The fourth-order valence-corrected chi connectivity index (χ4v) is 9.69. The molecule has 0 unspecified atom stereocenters. The van der Waals surface area contributed by atoms with E-state index >= 15 is 0 Å². The molecule has 2 aromatic heterocycles. The van der Waals surface area contributed by atoms with Crippen molar-refractivity contribution in [2.45, 2.75) is 78.6 Å². The van der Waals surface area contributed by atoms with E-state index in [0.717, 1.165) is 94.7 Å². The Labute approximate surface area is 434 Å². The number of phenols is 1. The van der Waals surface area contributed by atoms with Gasteiger partial charge >= 0.3 is 0 Å². The molecule has 0 aliphatic rings. The van der Waals surface area contributed by atoms with Crippen LogP contribution in [0, 0.1) is 6.07 Å². The van der Waals surface area contributed by atoms with E-state index < -0.39 is 0 Å². The van der Waals surface area contributed by atoms with Crippen LogP contribution < -0.4 is 0 Å². The van der Waals surface area contributed by atoms with Gasteiger partial charge in [-0.05, 0) is 91.1 Å². The van der Waals surface area contributed by atoms with Crippen LogP contribution in [0.1, 0.15) is 79.0 Å². The predicted octanol–water partition coefficient (Wildman–Crippen LogP) is 17.5. The van der Waals surface area contributed by atoms with E-state index in [1.807, 2.05) is 12.3 Å². The van der Waals surface area contributed by atoms with E-state index in [0.29, 0.717) is 11.4 Å². The Bertz CT molecular complexity index is 3520. The van der Waals surface area contributed by atoms with Crippen LogP contribution in [-0.2, 0) is 37.3 Å². The zero-order valence-electron chi connectivity index (χ0n) is 42.1. The maximum atomic E-state index is 12.8. The zero-order chi connectivity index (χ0) is 49.0. The average molecular weight is 1110 g/mol. The third-order valence-corrected chi connectivity index (χ3v) is 13.5. The van der Waals surface area contributed by atoms with Crippen molar-refractivity contribution in [2.75, 3.05) is 0 Å². The van der Waals surface area contributed by atoms with Crippen LogP contribution in [0.2, 0.25) is 0 Å². The molecule has 0 aliphatic carbocycles. The quantitative estimate of drug-likeness (QED) is 0.154. The molecule has 4 nitrogen and oxygen atoms in total. The first-order valence-electron chi connectivity index (χ1n) is 24.4. The van der Waals surface area contributed by atoms with Gasteiger partial charge in [-0.25, -0.2) is 4.98 Å². The summed E-state index contributed by atoms with van der Waals surface area (Å²) >= 11 is 0. The minimum absolute atomic E-state index is 0. The Morgan fingerprint density at radius 1 is 0.437 bits per heavy atom. The van der Waals surface area contributed by atoms with Gasteiger partial charge in [-0.2, -0.15) is 0 Å². The molecule has 10 rings (SSSR count). The van der Waals surface area contributed by atoms with Crippen molar-refractivity contribution in [1.29, 1.82) is 0 Å². The first-order valence-corrected chi connectivity index (χ1v) is 24.4. The van der Waals surface area contributed by atoms with E-state index in [1.54, 1.807) is 0 Å².